The molecule has 0 aliphatic carbocycles. The van der Waals surface area contributed by atoms with Crippen molar-refractivity contribution >= 4 is 0 Å². The van der Waals surface area contributed by atoms with Gasteiger partial charge in [-0.1, -0.05) is 19.1 Å². The number of para-hydroxylation sites is 1. The minimum atomic E-state index is 0.220. The van der Waals surface area contributed by atoms with Crippen LogP contribution in [0.4, 0.5) is 0 Å². The first kappa shape index (κ1) is 12.2. The maximum atomic E-state index is 9.90. The Morgan fingerprint density at radius 1 is 1.47 bits per heavy atom. The molecule has 17 heavy (non-hydrogen) atoms. The molecular formula is C13H19NO3. The van der Waals surface area contributed by atoms with E-state index in [-0.39, 0.29) is 11.2 Å². The summed E-state index contributed by atoms with van der Waals surface area (Å²) in [4.78, 5) is 0. The topological polar surface area (TPSA) is 50.7 Å². The highest BCUT2D eigenvalue weighted by atomic mass is 16.5. The molecule has 0 spiro atoms. The van der Waals surface area contributed by atoms with Crippen molar-refractivity contribution in [3.05, 3.63) is 23.8 Å². The standard InChI is InChI=1S/C13H19NO3/c1-13(8-17-9-13)7-14-6-10-4-3-5-11(16-2)12(10)15/h3-5,14-15H,6-9H2,1-2H3. The first-order valence-electron chi connectivity index (χ1n) is 5.78. The third-order valence-corrected chi connectivity index (χ3v) is 3.07. The minimum absolute atomic E-state index is 0.220. The Kier molecular flexibility index (Phi) is 3.54. The number of hydrogen-bond acceptors (Lipinski definition) is 4. The zero-order chi connectivity index (χ0) is 12.3. The van der Waals surface area contributed by atoms with E-state index in [4.69, 9.17) is 9.47 Å². The molecule has 0 unspecified atom stereocenters. The Bertz CT molecular complexity index is 388. The highest BCUT2D eigenvalue weighted by molar-refractivity contribution is 5.45. The molecular weight excluding hydrogens is 218 g/mol. The largest absolute Gasteiger partial charge is 0.504 e. The molecule has 1 aromatic rings. The van der Waals surface area contributed by atoms with E-state index < -0.39 is 0 Å². The zero-order valence-electron chi connectivity index (χ0n) is 10.3. The number of aromatic hydroxyl groups is 1. The fourth-order valence-corrected chi connectivity index (χ4v) is 1.93. The van der Waals surface area contributed by atoms with Gasteiger partial charge in [0.2, 0.25) is 0 Å². The van der Waals surface area contributed by atoms with Crippen LogP contribution in [0.15, 0.2) is 18.2 Å². The van der Waals surface area contributed by atoms with E-state index in [1.165, 1.54) is 0 Å². The van der Waals surface area contributed by atoms with Gasteiger partial charge in [-0.25, -0.2) is 0 Å². The third kappa shape index (κ3) is 2.70. The van der Waals surface area contributed by atoms with Crippen molar-refractivity contribution in [2.45, 2.75) is 13.5 Å². The van der Waals surface area contributed by atoms with Crippen LogP contribution >= 0.6 is 0 Å². The molecule has 1 aromatic carbocycles. The van der Waals surface area contributed by atoms with Crippen LogP contribution in [0, 0.1) is 5.41 Å². The molecule has 4 heteroatoms. The highest BCUT2D eigenvalue weighted by Gasteiger charge is 2.32. The molecule has 0 atom stereocenters. The summed E-state index contributed by atoms with van der Waals surface area (Å²) >= 11 is 0. The van der Waals surface area contributed by atoms with E-state index in [0.29, 0.717) is 12.3 Å². The molecule has 0 saturated carbocycles. The van der Waals surface area contributed by atoms with Crippen molar-refractivity contribution < 1.29 is 14.6 Å². The molecule has 2 rings (SSSR count). The summed E-state index contributed by atoms with van der Waals surface area (Å²) in [6, 6.07) is 5.52. The van der Waals surface area contributed by atoms with E-state index in [0.717, 1.165) is 25.3 Å². The maximum absolute atomic E-state index is 9.90. The molecule has 0 bridgehead atoms. The van der Waals surface area contributed by atoms with E-state index in [9.17, 15) is 5.11 Å². The summed E-state index contributed by atoms with van der Waals surface area (Å²) in [5.41, 5.74) is 1.10. The van der Waals surface area contributed by atoms with Crippen molar-refractivity contribution in [2.24, 2.45) is 5.41 Å². The van der Waals surface area contributed by atoms with E-state index in [2.05, 4.69) is 12.2 Å². The van der Waals surface area contributed by atoms with Gasteiger partial charge in [-0.05, 0) is 6.07 Å². The minimum Gasteiger partial charge on any atom is -0.504 e. The summed E-state index contributed by atoms with van der Waals surface area (Å²) in [5, 5.41) is 13.2. The molecule has 1 aliphatic heterocycles. The Hall–Kier alpha value is -1.26. The van der Waals surface area contributed by atoms with Crippen LogP contribution in [-0.4, -0.2) is 32.0 Å². The van der Waals surface area contributed by atoms with Crippen LogP contribution in [0.1, 0.15) is 12.5 Å². The molecule has 1 saturated heterocycles. The van der Waals surface area contributed by atoms with Crippen molar-refractivity contribution in [2.75, 3.05) is 26.9 Å². The number of hydrogen-bond donors (Lipinski definition) is 2. The fraction of sp³-hybridized carbons (Fsp3) is 0.538. The summed E-state index contributed by atoms with van der Waals surface area (Å²) in [6.45, 7) is 5.34. The van der Waals surface area contributed by atoms with Gasteiger partial charge < -0.3 is 19.9 Å². The quantitative estimate of drug-likeness (QED) is 0.815. The lowest BCUT2D eigenvalue weighted by molar-refractivity contribution is -0.0991. The van der Waals surface area contributed by atoms with E-state index in [1.54, 1.807) is 13.2 Å². The second-order valence-electron chi connectivity index (χ2n) is 4.88. The molecule has 0 aromatic heterocycles. The summed E-state index contributed by atoms with van der Waals surface area (Å²) in [6.07, 6.45) is 0. The predicted molar refractivity (Wildman–Crippen MR) is 65.3 cm³/mol. The molecule has 1 heterocycles. The van der Waals surface area contributed by atoms with Crippen molar-refractivity contribution in [1.29, 1.82) is 0 Å². The van der Waals surface area contributed by atoms with Gasteiger partial charge in [0, 0.05) is 24.1 Å². The summed E-state index contributed by atoms with van der Waals surface area (Å²) in [7, 11) is 1.55. The highest BCUT2D eigenvalue weighted by Crippen LogP contribution is 2.30. The lowest BCUT2D eigenvalue weighted by Crippen LogP contribution is -2.47. The third-order valence-electron chi connectivity index (χ3n) is 3.07. The molecule has 0 radical (unpaired) electrons. The van der Waals surface area contributed by atoms with Gasteiger partial charge in [0.25, 0.3) is 0 Å². The van der Waals surface area contributed by atoms with Crippen LogP contribution in [0.3, 0.4) is 0 Å². The average molecular weight is 237 g/mol. The lowest BCUT2D eigenvalue weighted by atomic mass is 9.89. The average Bonchev–Trinajstić information content (AvgIpc) is 2.29. The lowest BCUT2D eigenvalue weighted by Gasteiger charge is -2.38. The van der Waals surface area contributed by atoms with Crippen molar-refractivity contribution in [3.8, 4) is 11.5 Å². The monoisotopic (exact) mass is 237 g/mol. The van der Waals surface area contributed by atoms with Gasteiger partial charge in [0.05, 0.1) is 20.3 Å². The molecule has 4 nitrogen and oxygen atoms in total. The summed E-state index contributed by atoms with van der Waals surface area (Å²) < 4.78 is 10.3. The van der Waals surface area contributed by atoms with Crippen LogP contribution in [0.2, 0.25) is 0 Å². The van der Waals surface area contributed by atoms with Crippen LogP contribution in [0.25, 0.3) is 0 Å². The Morgan fingerprint density at radius 2 is 2.24 bits per heavy atom. The molecule has 0 amide bonds. The molecule has 94 valence electrons. The number of methoxy groups -OCH3 is 1. The van der Waals surface area contributed by atoms with Gasteiger partial charge >= 0.3 is 0 Å². The van der Waals surface area contributed by atoms with Crippen LogP contribution < -0.4 is 10.1 Å². The Labute approximate surface area is 102 Å². The number of ether oxygens (including phenoxy) is 2. The molecule has 2 N–H and O–H groups in total. The second-order valence-corrected chi connectivity index (χ2v) is 4.88. The number of nitrogens with one attached hydrogen (secondary N) is 1. The Morgan fingerprint density at radius 3 is 2.82 bits per heavy atom. The van der Waals surface area contributed by atoms with Gasteiger partial charge in [-0.15, -0.1) is 0 Å². The fourth-order valence-electron chi connectivity index (χ4n) is 1.93. The predicted octanol–water partition coefficient (Wildman–Crippen LogP) is 1.53. The van der Waals surface area contributed by atoms with E-state index >= 15 is 0 Å². The number of benzene rings is 1. The van der Waals surface area contributed by atoms with Crippen LogP contribution in [-0.2, 0) is 11.3 Å². The maximum Gasteiger partial charge on any atom is 0.162 e. The van der Waals surface area contributed by atoms with Gasteiger partial charge in [0.15, 0.2) is 11.5 Å². The Balaban J connectivity index is 1.90. The SMILES string of the molecule is COc1cccc(CNCC2(C)COC2)c1O. The smallest absolute Gasteiger partial charge is 0.162 e. The molecule has 1 aliphatic rings. The molecule has 1 fully saturated rings. The van der Waals surface area contributed by atoms with Crippen molar-refractivity contribution in [1.82, 2.24) is 5.32 Å². The first-order valence-corrected chi connectivity index (χ1v) is 5.78. The summed E-state index contributed by atoms with van der Waals surface area (Å²) in [5.74, 6) is 0.736. The van der Waals surface area contributed by atoms with Gasteiger partial charge in [-0.2, -0.15) is 0 Å². The number of phenolic OH excluding ortho intramolecular Hbond substituents is 1. The van der Waals surface area contributed by atoms with Crippen molar-refractivity contribution in [3.63, 3.8) is 0 Å². The normalized spacial score (nSPS) is 17.5. The zero-order valence-corrected chi connectivity index (χ0v) is 10.3. The first-order chi connectivity index (χ1) is 8.14. The number of phenols is 1. The second kappa shape index (κ2) is 4.94. The number of rotatable bonds is 5. The van der Waals surface area contributed by atoms with Gasteiger partial charge in [0.1, 0.15) is 0 Å². The van der Waals surface area contributed by atoms with Crippen LogP contribution in [0.5, 0.6) is 11.5 Å². The van der Waals surface area contributed by atoms with E-state index in [1.807, 2.05) is 12.1 Å². The van der Waals surface area contributed by atoms with Gasteiger partial charge in [-0.3, -0.25) is 0 Å².